The van der Waals surface area contributed by atoms with Crippen molar-refractivity contribution in [3.8, 4) is 11.5 Å². The Balaban J connectivity index is 2.67. The monoisotopic (exact) mass is 276 g/mol. The number of fused-ring (bicyclic) bond motifs is 1. The van der Waals surface area contributed by atoms with Gasteiger partial charge in [-0.15, -0.1) is 0 Å². The van der Waals surface area contributed by atoms with E-state index in [1.807, 2.05) is 25.1 Å². The van der Waals surface area contributed by atoms with Gasteiger partial charge in [0.05, 0.1) is 19.7 Å². The Morgan fingerprint density at radius 2 is 1.80 bits per heavy atom. The Hall–Kier alpha value is -2.01. The van der Waals surface area contributed by atoms with Gasteiger partial charge < -0.3 is 19.4 Å². The third kappa shape index (κ3) is 2.49. The van der Waals surface area contributed by atoms with E-state index in [0.29, 0.717) is 18.0 Å². The van der Waals surface area contributed by atoms with Gasteiger partial charge in [-0.3, -0.25) is 4.79 Å². The maximum Gasteiger partial charge on any atom is 0.255 e. The van der Waals surface area contributed by atoms with Gasteiger partial charge in [0.2, 0.25) is 0 Å². The first-order chi connectivity index (χ1) is 9.62. The lowest BCUT2D eigenvalue weighted by Gasteiger charge is -2.13. The molecule has 0 radical (unpaired) electrons. The Kier molecular flexibility index (Phi) is 4.29. The van der Waals surface area contributed by atoms with E-state index in [0.717, 1.165) is 23.0 Å². The number of rotatable bonds is 5. The standard InChI is InChI=1S/C15H20N2O3/c1-5-16-9-11-6-10-7-13(19-3)14(20-4)8-12(10)17(2)15(11)18/h6-8,16H,5,9H2,1-4H3. The molecule has 0 atom stereocenters. The molecule has 0 aliphatic heterocycles. The van der Waals surface area contributed by atoms with Crippen LogP contribution in [0, 0.1) is 0 Å². The molecule has 0 spiro atoms. The number of aryl methyl sites for hydroxylation is 1. The van der Waals surface area contributed by atoms with Crippen molar-refractivity contribution in [3.05, 3.63) is 34.1 Å². The SMILES string of the molecule is CCNCc1cc2cc(OC)c(OC)cc2n(C)c1=O. The first-order valence-corrected chi connectivity index (χ1v) is 6.57. The molecule has 0 amide bonds. The third-order valence-corrected chi connectivity index (χ3v) is 3.37. The minimum Gasteiger partial charge on any atom is -0.493 e. The van der Waals surface area contributed by atoms with Gasteiger partial charge in [-0.1, -0.05) is 6.92 Å². The van der Waals surface area contributed by atoms with E-state index in [4.69, 9.17) is 9.47 Å². The fraction of sp³-hybridized carbons (Fsp3) is 0.400. The Bertz CT molecular complexity index is 677. The lowest BCUT2D eigenvalue weighted by molar-refractivity contribution is 0.355. The number of ether oxygens (including phenoxy) is 2. The maximum atomic E-state index is 12.3. The van der Waals surface area contributed by atoms with Crippen molar-refractivity contribution in [1.82, 2.24) is 9.88 Å². The van der Waals surface area contributed by atoms with Gasteiger partial charge in [0.25, 0.3) is 5.56 Å². The van der Waals surface area contributed by atoms with Crippen LogP contribution in [0.3, 0.4) is 0 Å². The van der Waals surface area contributed by atoms with E-state index < -0.39 is 0 Å². The number of methoxy groups -OCH3 is 2. The summed E-state index contributed by atoms with van der Waals surface area (Å²) in [5.74, 6) is 1.28. The van der Waals surface area contributed by atoms with E-state index in [1.54, 1.807) is 25.8 Å². The van der Waals surface area contributed by atoms with Crippen molar-refractivity contribution in [2.45, 2.75) is 13.5 Å². The summed E-state index contributed by atoms with van der Waals surface area (Å²) in [6, 6.07) is 5.62. The van der Waals surface area contributed by atoms with Crippen LogP contribution >= 0.6 is 0 Å². The van der Waals surface area contributed by atoms with Crippen LogP contribution in [0.4, 0.5) is 0 Å². The van der Waals surface area contributed by atoms with Gasteiger partial charge >= 0.3 is 0 Å². The number of benzene rings is 1. The van der Waals surface area contributed by atoms with Crippen LogP contribution in [0.15, 0.2) is 23.0 Å². The van der Waals surface area contributed by atoms with E-state index in [1.165, 1.54) is 0 Å². The zero-order valence-electron chi connectivity index (χ0n) is 12.3. The fourth-order valence-corrected chi connectivity index (χ4v) is 2.25. The van der Waals surface area contributed by atoms with Gasteiger partial charge in [-0.05, 0) is 18.7 Å². The molecule has 0 aliphatic carbocycles. The van der Waals surface area contributed by atoms with Crippen molar-refractivity contribution in [2.24, 2.45) is 7.05 Å². The molecule has 5 nitrogen and oxygen atoms in total. The van der Waals surface area contributed by atoms with Crippen LogP contribution in [0.1, 0.15) is 12.5 Å². The molecule has 1 N–H and O–H groups in total. The highest BCUT2D eigenvalue weighted by Crippen LogP contribution is 2.31. The summed E-state index contributed by atoms with van der Waals surface area (Å²) in [4.78, 5) is 12.3. The first kappa shape index (κ1) is 14.4. The molecule has 1 aromatic carbocycles. The van der Waals surface area contributed by atoms with Gasteiger partial charge in [0.15, 0.2) is 11.5 Å². The molecule has 0 saturated heterocycles. The summed E-state index contributed by atoms with van der Waals surface area (Å²) in [5, 5.41) is 4.14. The van der Waals surface area contributed by atoms with Crippen LogP contribution in [-0.4, -0.2) is 25.3 Å². The van der Waals surface area contributed by atoms with Crippen molar-refractivity contribution in [3.63, 3.8) is 0 Å². The molecule has 0 aliphatic rings. The molecule has 2 rings (SSSR count). The summed E-state index contributed by atoms with van der Waals surface area (Å²) in [6.07, 6.45) is 0. The quantitative estimate of drug-likeness (QED) is 0.902. The molecular formula is C15H20N2O3. The summed E-state index contributed by atoms with van der Waals surface area (Å²) in [6.45, 7) is 3.40. The van der Waals surface area contributed by atoms with Gasteiger partial charge in [-0.2, -0.15) is 0 Å². The minimum atomic E-state index is 0.00525. The second-order valence-electron chi connectivity index (χ2n) is 4.58. The average Bonchev–Trinajstić information content (AvgIpc) is 2.48. The molecule has 0 saturated carbocycles. The fourth-order valence-electron chi connectivity index (χ4n) is 2.25. The van der Waals surface area contributed by atoms with Gasteiger partial charge in [0, 0.05) is 30.6 Å². The molecule has 108 valence electrons. The highest BCUT2D eigenvalue weighted by atomic mass is 16.5. The lowest BCUT2D eigenvalue weighted by atomic mass is 10.1. The van der Waals surface area contributed by atoms with E-state index in [9.17, 15) is 4.79 Å². The summed E-state index contributed by atoms with van der Waals surface area (Å²) in [7, 11) is 4.96. The Labute approximate surface area is 118 Å². The molecule has 2 aromatic rings. The van der Waals surface area contributed by atoms with Crippen molar-refractivity contribution in [2.75, 3.05) is 20.8 Å². The minimum absolute atomic E-state index is 0.00525. The first-order valence-electron chi connectivity index (χ1n) is 6.57. The molecule has 5 heteroatoms. The third-order valence-electron chi connectivity index (χ3n) is 3.37. The number of hydrogen-bond acceptors (Lipinski definition) is 4. The van der Waals surface area contributed by atoms with E-state index >= 15 is 0 Å². The smallest absolute Gasteiger partial charge is 0.255 e. The summed E-state index contributed by atoms with van der Waals surface area (Å²) >= 11 is 0. The summed E-state index contributed by atoms with van der Waals surface area (Å²) in [5.41, 5.74) is 1.58. The number of aromatic nitrogens is 1. The Morgan fingerprint density at radius 1 is 1.15 bits per heavy atom. The van der Waals surface area contributed by atoms with Crippen molar-refractivity contribution >= 4 is 10.9 Å². The molecule has 0 unspecified atom stereocenters. The molecule has 1 heterocycles. The molecule has 20 heavy (non-hydrogen) atoms. The van der Waals surface area contributed by atoms with Crippen molar-refractivity contribution in [1.29, 1.82) is 0 Å². The molecular weight excluding hydrogens is 256 g/mol. The molecule has 0 bridgehead atoms. The highest BCUT2D eigenvalue weighted by molar-refractivity contribution is 5.83. The van der Waals surface area contributed by atoms with E-state index in [2.05, 4.69) is 5.32 Å². The topological polar surface area (TPSA) is 52.5 Å². The highest BCUT2D eigenvalue weighted by Gasteiger charge is 2.11. The zero-order valence-corrected chi connectivity index (χ0v) is 12.3. The predicted molar refractivity (Wildman–Crippen MR) is 79.7 cm³/mol. The van der Waals surface area contributed by atoms with Gasteiger partial charge in [-0.25, -0.2) is 0 Å². The van der Waals surface area contributed by atoms with Crippen LogP contribution in [0.5, 0.6) is 11.5 Å². The zero-order chi connectivity index (χ0) is 14.7. The second-order valence-corrected chi connectivity index (χ2v) is 4.58. The van der Waals surface area contributed by atoms with Crippen LogP contribution in [-0.2, 0) is 13.6 Å². The maximum absolute atomic E-state index is 12.3. The van der Waals surface area contributed by atoms with Crippen LogP contribution in [0.25, 0.3) is 10.9 Å². The van der Waals surface area contributed by atoms with Crippen molar-refractivity contribution < 1.29 is 9.47 Å². The molecule has 0 fully saturated rings. The lowest BCUT2D eigenvalue weighted by Crippen LogP contribution is -2.25. The predicted octanol–water partition coefficient (Wildman–Crippen LogP) is 1.67. The average molecular weight is 276 g/mol. The number of nitrogens with zero attached hydrogens (tertiary/aromatic N) is 1. The number of nitrogens with one attached hydrogen (secondary N) is 1. The molecule has 1 aromatic heterocycles. The second kappa shape index (κ2) is 5.96. The van der Waals surface area contributed by atoms with Crippen LogP contribution < -0.4 is 20.3 Å². The number of pyridine rings is 1. The number of hydrogen-bond donors (Lipinski definition) is 1. The normalized spacial score (nSPS) is 10.8. The summed E-state index contributed by atoms with van der Waals surface area (Å²) < 4.78 is 12.2. The largest absolute Gasteiger partial charge is 0.493 e. The van der Waals surface area contributed by atoms with Gasteiger partial charge in [0.1, 0.15) is 0 Å². The van der Waals surface area contributed by atoms with Crippen LogP contribution in [0.2, 0.25) is 0 Å². The Morgan fingerprint density at radius 3 is 2.40 bits per heavy atom. The van der Waals surface area contributed by atoms with E-state index in [-0.39, 0.29) is 5.56 Å².